The summed E-state index contributed by atoms with van der Waals surface area (Å²) < 4.78 is 0. The molecule has 1 heteroatoms. The molecule has 0 radical (unpaired) electrons. The summed E-state index contributed by atoms with van der Waals surface area (Å²) in [4.78, 5) is 0. The molecule has 4 saturated carbocycles. The lowest BCUT2D eigenvalue weighted by molar-refractivity contribution is -0.0929. The highest BCUT2D eigenvalue weighted by Crippen LogP contribution is 2.58. The average Bonchev–Trinajstić information content (AvgIpc) is 2.10. The third-order valence-electron chi connectivity index (χ3n) is 4.97. The largest absolute Gasteiger partial charge is 0.392 e. The van der Waals surface area contributed by atoms with Crippen molar-refractivity contribution in [1.82, 2.24) is 0 Å². The molecule has 1 N–H and O–H groups in total. The molecule has 4 aliphatic carbocycles. The zero-order chi connectivity index (χ0) is 9.16. The van der Waals surface area contributed by atoms with E-state index in [-0.39, 0.29) is 6.10 Å². The van der Waals surface area contributed by atoms with E-state index in [1.807, 2.05) is 0 Å². The van der Waals surface area contributed by atoms with Gasteiger partial charge in [-0.25, -0.2) is 0 Å². The Kier molecular flexibility index (Phi) is 1.48. The van der Waals surface area contributed by atoms with Crippen molar-refractivity contribution in [2.45, 2.75) is 32.3 Å². The molecule has 1 nitrogen and oxygen atoms in total. The van der Waals surface area contributed by atoms with Gasteiger partial charge in [-0.05, 0) is 42.9 Å². The van der Waals surface area contributed by atoms with E-state index < -0.39 is 0 Å². The minimum absolute atomic E-state index is 0.0599. The summed E-state index contributed by atoms with van der Waals surface area (Å²) in [5.74, 6) is 3.46. The van der Waals surface area contributed by atoms with E-state index >= 15 is 0 Å². The lowest BCUT2D eigenvalue weighted by Crippen LogP contribution is -2.53. The van der Waals surface area contributed by atoms with Gasteiger partial charge in [0.1, 0.15) is 0 Å². The van der Waals surface area contributed by atoms with Gasteiger partial charge >= 0.3 is 0 Å². The van der Waals surface area contributed by atoms with Crippen LogP contribution in [-0.4, -0.2) is 11.2 Å². The van der Waals surface area contributed by atoms with E-state index in [2.05, 4.69) is 13.5 Å². The zero-order valence-electron chi connectivity index (χ0n) is 8.24. The Bertz CT molecular complexity index is 258. The normalized spacial score (nSPS) is 58.8. The second kappa shape index (κ2) is 2.38. The first kappa shape index (κ1) is 8.05. The minimum Gasteiger partial charge on any atom is -0.392 e. The molecule has 0 aliphatic heterocycles. The van der Waals surface area contributed by atoms with Crippen molar-refractivity contribution < 1.29 is 5.11 Å². The highest BCUT2D eigenvalue weighted by atomic mass is 16.3. The van der Waals surface area contributed by atoms with Crippen molar-refractivity contribution in [3.8, 4) is 0 Å². The van der Waals surface area contributed by atoms with Crippen molar-refractivity contribution in [1.29, 1.82) is 0 Å². The third kappa shape index (κ3) is 0.864. The maximum atomic E-state index is 10.1. The minimum atomic E-state index is -0.0599. The lowest BCUT2D eigenvalue weighted by Gasteiger charge is -2.57. The maximum absolute atomic E-state index is 10.1. The SMILES string of the molecule is C=C1[C@@H]2C[C@@H]3C[C@H]1C(O)[C@H](C2)C3C. The molecular formula is C12H18O. The molecule has 0 spiro atoms. The van der Waals surface area contributed by atoms with Crippen LogP contribution in [0.4, 0.5) is 0 Å². The second-order valence-corrected chi connectivity index (χ2v) is 5.36. The van der Waals surface area contributed by atoms with Crippen LogP contribution in [0.5, 0.6) is 0 Å². The number of hydrogen-bond donors (Lipinski definition) is 1. The predicted octanol–water partition coefficient (Wildman–Crippen LogP) is 2.22. The first-order valence-corrected chi connectivity index (χ1v) is 5.55. The molecule has 6 atom stereocenters. The summed E-state index contributed by atoms with van der Waals surface area (Å²) in [5.41, 5.74) is 1.37. The lowest BCUT2D eigenvalue weighted by atomic mass is 9.49. The van der Waals surface area contributed by atoms with Crippen LogP contribution in [0, 0.1) is 29.6 Å². The summed E-state index contributed by atoms with van der Waals surface area (Å²) in [5, 5.41) is 10.1. The second-order valence-electron chi connectivity index (χ2n) is 5.36. The summed E-state index contributed by atoms with van der Waals surface area (Å²) in [6.07, 6.45) is 3.73. The Morgan fingerprint density at radius 1 is 1.31 bits per heavy atom. The Balaban J connectivity index is 1.99. The maximum Gasteiger partial charge on any atom is 0.0636 e. The van der Waals surface area contributed by atoms with Crippen LogP contribution in [0.25, 0.3) is 0 Å². The van der Waals surface area contributed by atoms with Crippen molar-refractivity contribution in [2.24, 2.45) is 29.6 Å². The first-order chi connectivity index (χ1) is 6.18. The van der Waals surface area contributed by atoms with Crippen LogP contribution in [0.1, 0.15) is 26.2 Å². The molecule has 4 fully saturated rings. The van der Waals surface area contributed by atoms with Gasteiger partial charge in [0.2, 0.25) is 0 Å². The van der Waals surface area contributed by atoms with Gasteiger partial charge in [-0.15, -0.1) is 0 Å². The van der Waals surface area contributed by atoms with Crippen LogP contribution < -0.4 is 0 Å². The monoisotopic (exact) mass is 178 g/mol. The van der Waals surface area contributed by atoms with Gasteiger partial charge < -0.3 is 5.11 Å². The average molecular weight is 178 g/mol. The van der Waals surface area contributed by atoms with Gasteiger partial charge in [0.15, 0.2) is 0 Å². The molecule has 0 aromatic heterocycles. The molecule has 4 bridgehead atoms. The topological polar surface area (TPSA) is 20.2 Å². The highest BCUT2D eigenvalue weighted by molar-refractivity contribution is 5.20. The molecule has 2 unspecified atom stereocenters. The number of rotatable bonds is 0. The van der Waals surface area contributed by atoms with Crippen molar-refractivity contribution in [3.63, 3.8) is 0 Å². The molecule has 0 amide bonds. The first-order valence-electron chi connectivity index (χ1n) is 5.55. The van der Waals surface area contributed by atoms with E-state index in [0.29, 0.717) is 11.8 Å². The summed E-state index contributed by atoms with van der Waals surface area (Å²) in [7, 11) is 0. The fourth-order valence-corrected chi connectivity index (χ4v) is 4.07. The van der Waals surface area contributed by atoms with Crippen LogP contribution in [0.2, 0.25) is 0 Å². The van der Waals surface area contributed by atoms with Crippen LogP contribution in [0.15, 0.2) is 12.2 Å². The number of aliphatic hydroxyl groups excluding tert-OH is 1. The molecule has 72 valence electrons. The van der Waals surface area contributed by atoms with Gasteiger partial charge in [-0.2, -0.15) is 0 Å². The molecule has 0 aromatic rings. The highest BCUT2D eigenvalue weighted by Gasteiger charge is 2.52. The van der Waals surface area contributed by atoms with E-state index in [4.69, 9.17) is 0 Å². The molecule has 0 saturated heterocycles. The van der Waals surface area contributed by atoms with Crippen LogP contribution >= 0.6 is 0 Å². The standard InChI is InChI=1S/C12H18O/c1-6-8-3-9-5-10(6)12(13)11(4-8)7(9)2/h7-13H,1,3-5H2,2H3/t7?,8-,9-,10-,11-,12?/m1/s1. The summed E-state index contributed by atoms with van der Waals surface area (Å²) >= 11 is 0. The summed E-state index contributed by atoms with van der Waals surface area (Å²) in [6.45, 7) is 6.50. The Labute approximate surface area is 79.8 Å². The van der Waals surface area contributed by atoms with E-state index in [0.717, 1.165) is 17.8 Å². The Morgan fingerprint density at radius 3 is 2.85 bits per heavy atom. The van der Waals surface area contributed by atoms with E-state index in [9.17, 15) is 5.11 Å². The van der Waals surface area contributed by atoms with Crippen molar-refractivity contribution in [3.05, 3.63) is 12.2 Å². The molecule has 13 heavy (non-hydrogen) atoms. The predicted molar refractivity (Wildman–Crippen MR) is 52.1 cm³/mol. The number of hydrogen-bond acceptors (Lipinski definition) is 1. The van der Waals surface area contributed by atoms with Gasteiger partial charge in [-0.1, -0.05) is 19.1 Å². The fourth-order valence-electron chi connectivity index (χ4n) is 4.07. The van der Waals surface area contributed by atoms with Gasteiger partial charge in [0.25, 0.3) is 0 Å². The van der Waals surface area contributed by atoms with Gasteiger partial charge in [0.05, 0.1) is 6.10 Å². The Hall–Kier alpha value is -0.300. The van der Waals surface area contributed by atoms with Crippen LogP contribution in [-0.2, 0) is 0 Å². The quantitative estimate of drug-likeness (QED) is 0.564. The molecular weight excluding hydrogens is 160 g/mol. The van der Waals surface area contributed by atoms with Crippen molar-refractivity contribution in [2.75, 3.05) is 0 Å². The smallest absolute Gasteiger partial charge is 0.0636 e. The van der Waals surface area contributed by atoms with E-state index in [1.54, 1.807) is 0 Å². The molecule has 0 heterocycles. The third-order valence-corrected chi connectivity index (χ3v) is 4.97. The van der Waals surface area contributed by atoms with Crippen molar-refractivity contribution >= 4 is 0 Å². The van der Waals surface area contributed by atoms with E-state index in [1.165, 1.54) is 24.8 Å². The molecule has 0 aromatic carbocycles. The number of aliphatic hydroxyl groups is 1. The Morgan fingerprint density at radius 2 is 2.08 bits per heavy atom. The van der Waals surface area contributed by atoms with Gasteiger partial charge in [-0.3, -0.25) is 0 Å². The fraction of sp³-hybridized carbons (Fsp3) is 0.833. The molecule has 4 aliphatic rings. The van der Waals surface area contributed by atoms with Crippen LogP contribution in [0.3, 0.4) is 0 Å². The van der Waals surface area contributed by atoms with Gasteiger partial charge in [0, 0.05) is 5.92 Å². The zero-order valence-corrected chi connectivity index (χ0v) is 8.24. The summed E-state index contributed by atoms with van der Waals surface area (Å²) in [6, 6.07) is 0. The molecule has 4 rings (SSSR count).